The van der Waals surface area contributed by atoms with Crippen molar-refractivity contribution in [1.29, 1.82) is 0 Å². The molecule has 0 aromatic heterocycles. The fourth-order valence-corrected chi connectivity index (χ4v) is 4.02. The average Bonchev–Trinajstić information content (AvgIpc) is 3.20. The van der Waals surface area contributed by atoms with E-state index in [1.165, 1.54) is 6.07 Å². The predicted molar refractivity (Wildman–Crippen MR) is 102 cm³/mol. The maximum Gasteiger partial charge on any atom is 0.416 e. The first-order valence-electron chi connectivity index (χ1n) is 9.73. The van der Waals surface area contributed by atoms with E-state index >= 15 is 0 Å². The number of ether oxygens (including phenoxy) is 2. The van der Waals surface area contributed by atoms with E-state index in [2.05, 4.69) is 4.90 Å². The highest BCUT2D eigenvalue weighted by atomic mass is 19.4. The Kier molecular flexibility index (Phi) is 5.50. The molecule has 2 aromatic rings. The fourth-order valence-electron chi connectivity index (χ4n) is 4.02. The number of Topliss-reactive ketones (excluding diaryl/α,β-unsaturated/α-hetero) is 1. The van der Waals surface area contributed by atoms with Crippen LogP contribution >= 0.6 is 0 Å². The molecule has 1 unspecified atom stereocenters. The zero-order chi connectivity index (χ0) is 20.4. The lowest BCUT2D eigenvalue weighted by Gasteiger charge is -2.20. The molecule has 1 saturated heterocycles. The van der Waals surface area contributed by atoms with Crippen LogP contribution in [0.25, 0.3) is 0 Å². The Morgan fingerprint density at radius 1 is 1.07 bits per heavy atom. The molecule has 0 aliphatic carbocycles. The normalized spacial score (nSPS) is 19.3. The monoisotopic (exact) mass is 405 g/mol. The minimum Gasteiger partial charge on any atom is -0.486 e. The van der Waals surface area contributed by atoms with Crippen LogP contribution in [0.5, 0.6) is 11.5 Å². The summed E-state index contributed by atoms with van der Waals surface area (Å²) in [6, 6.07) is 10.9. The number of ketones is 1. The van der Waals surface area contributed by atoms with Crippen LogP contribution < -0.4 is 9.47 Å². The Morgan fingerprint density at radius 3 is 2.62 bits per heavy atom. The summed E-state index contributed by atoms with van der Waals surface area (Å²) in [7, 11) is 0. The van der Waals surface area contributed by atoms with Crippen molar-refractivity contribution in [2.75, 3.05) is 32.8 Å². The summed E-state index contributed by atoms with van der Waals surface area (Å²) in [5, 5.41) is 0. The number of halogens is 3. The third-order valence-corrected chi connectivity index (χ3v) is 5.50. The molecule has 2 aromatic carbocycles. The van der Waals surface area contributed by atoms with E-state index in [1.54, 1.807) is 30.3 Å². The van der Waals surface area contributed by atoms with Gasteiger partial charge in [-0.3, -0.25) is 4.79 Å². The van der Waals surface area contributed by atoms with Gasteiger partial charge in [-0.2, -0.15) is 13.2 Å². The maximum atomic E-state index is 13.3. The smallest absolute Gasteiger partial charge is 0.416 e. The highest BCUT2D eigenvalue weighted by molar-refractivity contribution is 5.96. The van der Waals surface area contributed by atoms with Gasteiger partial charge in [-0.1, -0.05) is 18.2 Å². The van der Waals surface area contributed by atoms with Gasteiger partial charge in [0.2, 0.25) is 0 Å². The number of alkyl halides is 3. The summed E-state index contributed by atoms with van der Waals surface area (Å²) in [6.07, 6.45) is -3.38. The van der Waals surface area contributed by atoms with Crippen LogP contribution in [0.2, 0.25) is 0 Å². The van der Waals surface area contributed by atoms with E-state index in [-0.39, 0.29) is 11.7 Å². The van der Waals surface area contributed by atoms with Crippen molar-refractivity contribution in [3.63, 3.8) is 0 Å². The number of nitrogens with zero attached hydrogens (tertiary/aromatic N) is 1. The summed E-state index contributed by atoms with van der Waals surface area (Å²) in [5.74, 6) is 1.03. The Morgan fingerprint density at radius 2 is 1.83 bits per heavy atom. The topological polar surface area (TPSA) is 38.8 Å². The van der Waals surface area contributed by atoms with Gasteiger partial charge in [0.05, 0.1) is 5.56 Å². The zero-order valence-electron chi connectivity index (χ0n) is 15.9. The average molecular weight is 405 g/mol. The molecule has 2 aliphatic rings. The van der Waals surface area contributed by atoms with Crippen molar-refractivity contribution in [2.45, 2.75) is 24.9 Å². The van der Waals surface area contributed by atoms with E-state index in [1.807, 2.05) is 0 Å². The summed E-state index contributed by atoms with van der Waals surface area (Å²) >= 11 is 0. The van der Waals surface area contributed by atoms with Crippen LogP contribution in [0, 0.1) is 0 Å². The molecule has 0 saturated carbocycles. The Labute approximate surface area is 167 Å². The van der Waals surface area contributed by atoms with Crippen molar-refractivity contribution >= 4 is 5.78 Å². The molecule has 29 heavy (non-hydrogen) atoms. The second-order valence-electron chi connectivity index (χ2n) is 7.40. The van der Waals surface area contributed by atoms with Gasteiger partial charge in [0, 0.05) is 25.1 Å². The molecular weight excluding hydrogens is 383 g/mol. The predicted octanol–water partition coefficient (Wildman–Crippen LogP) is 4.54. The van der Waals surface area contributed by atoms with E-state index in [9.17, 15) is 18.0 Å². The molecule has 154 valence electrons. The number of hydrogen-bond acceptors (Lipinski definition) is 4. The van der Waals surface area contributed by atoms with Crippen molar-refractivity contribution in [3.8, 4) is 11.5 Å². The van der Waals surface area contributed by atoms with Gasteiger partial charge in [0.25, 0.3) is 0 Å². The molecule has 0 N–H and O–H groups in total. The van der Waals surface area contributed by atoms with Gasteiger partial charge < -0.3 is 14.4 Å². The van der Waals surface area contributed by atoms with Crippen LogP contribution in [-0.4, -0.2) is 43.5 Å². The lowest BCUT2D eigenvalue weighted by Crippen LogP contribution is -2.24. The van der Waals surface area contributed by atoms with Crippen molar-refractivity contribution in [2.24, 2.45) is 0 Å². The molecule has 0 amide bonds. The van der Waals surface area contributed by atoms with E-state index in [0.717, 1.165) is 6.07 Å². The second-order valence-corrected chi connectivity index (χ2v) is 7.40. The number of hydrogen-bond donors (Lipinski definition) is 0. The SMILES string of the molecule is O=C(CCN1CCC(c2ccccc2C(F)(F)F)C1)c1ccc2c(c1)OCCO2. The fraction of sp³-hybridized carbons (Fsp3) is 0.409. The van der Waals surface area contributed by atoms with Crippen molar-refractivity contribution < 1.29 is 27.4 Å². The summed E-state index contributed by atoms with van der Waals surface area (Å²) in [6.45, 7) is 2.69. The van der Waals surface area contributed by atoms with Crippen LogP contribution in [0.4, 0.5) is 13.2 Å². The first-order chi connectivity index (χ1) is 13.9. The largest absolute Gasteiger partial charge is 0.486 e. The number of likely N-dealkylation sites (tertiary alicyclic amines) is 1. The van der Waals surface area contributed by atoms with Crippen LogP contribution in [-0.2, 0) is 6.18 Å². The van der Waals surface area contributed by atoms with Gasteiger partial charge in [0.15, 0.2) is 17.3 Å². The number of rotatable bonds is 5. The minimum atomic E-state index is -4.35. The molecule has 0 bridgehead atoms. The van der Waals surface area contributed by atoms with E-state index in [0.29, 0.717) is 68.3 Å². The first kappa shape index (κ1) is 19.8. The number of carbonyl (C=O) groups excluding carboxylic acids is 1. The van der Waals surface area contributed by atoms with Crippen molar-refractivity contribution in [3.05, 3.63) is 59.2 Å². The van der Waals surface area contributed by atoms with Gasteiger partial charge in [-0.25, -0.2) is 0 Å². The Bertz CT molecular complexity index is 897. The van der Waals surface area contributed by atoms with Gasteiger partial charge in [-0.05, 0) is 48.7 Å². The molecule has 7 heteroatoms. The Balaban J connectivity index is 1.36. The molecule has 0 radical (unpaired) electrons. The maximum absolute atomic E-state index is 13.3. The summed E-state index contributed by atoms with van der Waals surface area (Å²) in [4.78, 5) is 14.6. The Hall–Kier alpha value is -2.54. The number of fused-ring (bicyclic) bond motifs is 1. The van der Waals surface area contributed by atoms with Crippen molar-refractivity contribution in [1.82, 2.24) is 4.90 Å². The quantitative estimate of drug-likeness (QED) is 0.685. The molecule has 4 rings (SSSR count). The molecule has 1 atom stereocenters. The van der Waals surface area contributed by atoms with Crippen LogP contribution in [0.15, 0.2) is 42.5 Å². The van der Waals surface area contributed by atoms with E-state index in [4.69, 9.17) is 9.47 Å². The van der Waals surface area contributed by atoms with Gasteiger partial charge in [0.1, 0.15) is 13.2 Å². The number of carbonyl (C=O) groups is 1. The number of benzene rings is 2. The minimum absolute atomic E-state index is 0.0129. The van der Waals surface area contributed by atoms with Gasteiger partial charge in [-0.15, -0.1) is 0 Å². The molecule has 1 fully saturated rings. The van der Waals surface area contributed by atoms with Crippen LogP contribution in [0.1, 0.15) is 40.2 Å². The molecule has 4 nitrogen and oxygen atoms in total. The highest BCUT2D eigenvalue weighted by Crippen LogP contribution is 2.38. The van der Waals surface area contributed by atoms with Gasteiger partial charge >= 0.3 is 6.18 Å². The summed E-state index contributed by atoms with van der Waals surface area (Å²) in [5.41, 5.74) is 0.354. The molecular formula is C22H22F3NO3. The second kappa shape index (κ2) is 8.06. The molecule has 2 aliphatic heterocycles. The standard InChI is InChI=1S/C22H22F3NO3/c23-22(24,25)18-4-2-1-3-17(18)16-7-9-26(14-16)10-8-19(27)15-5-6-20-21(13-15)29-12-11-28-20/h1-6,13,16H,7-12,14H2. The third kappa shape index (κ3) is 4.40. The molecule has 0 spiro atoms. The van der Waals surface area contributed by atoms with E-state index < -0.39 is 11.7 Å². The highest BCUT2D eigenvalue weighted by Gasteiger charge is 2.36. The lowest BCUT2D eigenvalue weighted by molar-refractivity contribution is -0.138. The van der Waals surface area contributed by atoms with Crippen LogP contribution in [0.3, 0.4) is 0 Å². The molecule has 2 heterocycles. The lowest BCUT2D eigenvalue weighted by atomic mass is 9.93. The third-order valence-electron chi connectivity index (χ3n) is 5.50. The summed E-state index contributed by atoms with van der Waals surface area (Å²) < 4.78 is 50.8. The first-order valence-corrected chi connectivity index (χ1v) is 9.73. The zero-order valence-corrected chi connectivity index (χ0v) is 15.9.